The van der Waals surface area contributed by atoms with E-state index in [0.29, 0.717) is 0 Å². The predicted octanol–water partition coefficient (Wildman–Crippen LogP) is 5.18. The molecule has 0 saturated carbocycles. The lowest BCUT2D eigenvalue weighted by Gasteiger charge is -2.13. The number of pyridine rings is 1. The zero-order valence-electron chi connectivity index (χ0n) is 11.6. The first-order chi connectivity index (χ1) is 9.22. The van der Waals surface area contributed by atoms with Gasteiger partial charge in [-0.25, -0.2) is 4.39 Å². The summed E-state index contributed by atoms with van der Waals surface area (Å²) in [5.74, 6) is 0.145. The average Bonchev–Trinajstić information content (AvgIpc) is 2.46. The van der Waals surface area contributed by atoms with Gasteiger partial charge in [0.15, 0.2) is 0 Å². The summed E-state index contributed by atoms with van der Waals surface area (Å²) in [6, 6.07) is 11.1. The number of rotatable bonds is 5. The van der Waals surface area contributed by atoms with E-state index in [4.69, 9.17) is 0 Å². The van der Waals surface area contributed by atoms with Crippen molar-refractivity contribution in [1.82, 2.24) is 4.98 Å². The minimum atomic E-state index is -0.108. The molecule has 1 unspecified atom stereocenters. The van der Waals surface area contributed by atoms with Crippen LogP contribution in [-0.4, -0.2) is 4.98 Å². The lowest BCUT2D eigenvalue weighted by Crippen LogP contribution is -1.98. The molecule has 1 atom stereocenters. The van der Waals surface area contributed by atoms with Crippen LogP contribution in [0.15, 0.2) is 42.6 Å². The highest BCUT2D eigenvalue weighted by Gasteiger charge is 2.12. The molecule has 19 heavy (non-hydrogen) atoms. The fourth-order valence-corrected chi connectivity index (χ4v) is 2.28. The number of benzene rings is 1. The van der Waals surface area contributed by atoms with E-state index in [-0.39, 0.29) is 11.7 Å². The zero-order chi connectivity index (χ0) is 13.7. The first kappa shape index (κ1) is 13.7. The van der Waals surface area contributed by atoms with E-state index >= 15 is 0 Å². The van der Waals surface area contributed by atoms with Crippen molar-refractivity contribution in [3.63, 3.8) is 0 Å². The summed E-state index contributed by atoms with van der Waals surface area (Å²) in [5.41, 5.74) is 2.68. The van der Waals surface area contributed by atoms with Crippen molar-refractivity contribution in [2.24, 2.45) is 0 Å². The summed E-state index contributed by atoms with van der Waals surface area (Å²) < 4.78 is 13.9. The first-order valence-electron chi connectivity index (χ1n) is 6.93. The van der Waals surface area contributed by atoms with Crippen LogP contribution in [0.3, 0.4) is 0 Å². The van der Waals surface area contributed by atoms with E-state index in [1.807, 2.05) is 24.3 Å². The molecule has 0 aliphatic rings. The van der Waals surface area contributed by atoms with Gasteiger partial charge in [0.1, 0.15) is 5.82 Å². The van der Waals surface area contributed by atoms with E-state index in [1.54, 1.807) is 18.3 Å². The van der Waals surface area contributed by atoms with Crippen molar-refractivity contribution in [3.8, 4) is 11.3 Å². The maximum atomic E-state index is 13.9. The normalized spacial score (nSPS) is 12.4. The van der Waals surface area contributed by atoms with Gasteiger partial charge in [0.2, 0.25) is 0 Å². The number of unbranched alkanes of at least 4 members (excludes halogenated alkanes) is 1. The highest BCUT2D eigenvalue weighted by molar-refractivity contribution is 5.60. The number of nitrogens with zero attached hydrogens (tertiary/aromatic N) is 1. The van der Waals surface area contributed by atoms with Crippen LogP contribution in [0.25, 0.3) is 11.3 Å². The molecule has 0 radical (unpaired) electrons. The highest BCUT2D eigenvalue weighted by atomic mass is 19.1. The van der Waals surface area contributed by atoms with Gasteiger partial charge in [-0.3, -0.25) is 4.98 Å². The second-order valence-corrected chi connectivity index (χ2v) is 4.99. The third-order valence-corrected chi connectivity index (χ3v) is 3.48. The molecule has 1 heterocycles. The minimum Gasteiger partial charge on any atom is -0.256 e. The Hall–Kier alpha value is -1.70. The predicted molar refractivity (Wildman–Crippen MR) is 77.6 cm³/mol. The van der Waals surface area contributed by atoms with Crippen LogP contribution in [0, 0.1) is 5.82 Å². The van der Waals surface area contributed by atoms with Crippen molar-refractivity contribution >= 4 is 0 Å². The Balaban J connectivity index is 2.29. The third kappa shape index (κ3) is 3.40. The Kier molecular flexibility index (Phi) is 4.67. The van der Waals surface area contributed by atoms with E-state index in [0.717, 1.165) is 36.1 Å². The lowest BCUT2D eigenvalue weighted by molar-refractivity contribution is 0.560. The van der Waals surface area contributed by atoms with Crippen LogP contribution in [0.4, 0.5) is 4.39 Å². The van der Waals surface area contributed by atoms with Gasteiger partial charge in [-0.1, -0.05) is 32.8 Å². The fourth-order valence-electron chi connectivity index (χ4n) is 2.28. The molecule has 2 aromatic rings. The number of hydrogen-bond donors (Lipinski definition) is 0. The van der Waals surface area contributed by atoms with Crippen molar-refractivity contribution in [3.05, 3.63) is 54.0 Å². The summed E-state index contributed by atoms with van der Waals surface area (Å²) >= 11 is 0. The van der Waals surface area contributed by atoms with Gasteiger partial charge in [-0.2, -0.15) is 0 Å². The van der Waals surface area contributed by atoms with Crippen molar-refractivity contribution in [2.75, 3.05) is 0 Å². The summed E-state index contributed by atoms with van der Waals surface area (Å²) in [5, 5.41) is 0. The summed E-state index contributed by atoms with van der Waals surface area (Å²) in [6.07, 6.45) is 5.07. The van der Waals surface area contributed by atoms with E-state index in [1.165, 1.54) is 0 Å². The van der Waals surface area contributed by atoms with Gasteiger partial charge in [0, 0.05) is 11.8 Å². The third-order valence-electron chi connectivity index (χ3n) is 3.48. The molecule has 2 rings (SSSR count). The standard InChI is InChI=1S/C17H20FN/c1-3-4-7-13(2)15-12-14(9-10-16(15)18)17-8-5-6-11-19-17/h5-6,8-13H,3-4,7H2,1-2H3. The Morgan fingerprint density at radius 3 is 2.74 bits per heavy atom. The molecule has 1 aromatic heterocycles. The SMILES string of the molecule is CCCCC(C)c1cc(-c2ccccn2)ccc1F. The number of halogens is 1. The van der Waals surface area contributed by atoms with Gasteiger partial charge >= 0.3 is 0 Å². The zero-order valence-corrected chi connectivity index (χ0v) is 11.6. The van der Waals surface area contributed by atoms with Crippen LogP contribution in [0.1, 0.15) is 44.6 Å². The Morgan fingerprint density at radius 1 is 1.21 bits per heavy atom. The van der Waals surface area contributed by atoms with Gasteiger partial charge < -0.3 is 0 Å². The lowest BCUT2D eigenvalue weighted by atomic mass is 9.93. The maximum absolute atomic E-state index is 13.9. The molecule has 0 fully saturated rings. The van der Waals surface area contributed by atoms with Crippen molar-refractivity contribution in [1.29, 1.82) is 0 Å². The second-order valence-electron chi connectivity index (χ2n) is 4.99. The topological polar surface area (TPSA) is 12.9 Å². The van der Waals surface area contributed by atoms with E-state index in [9.17, 15) is 4.39 Å². The quantitative estimate of drug-likeness (QED) is 0.719. The summed E-state index contributed by atoms with van der Waals surface area (Å²) in [6.45, 7) is 4.25. The molecule has 0 spiro atoms. The smallest absolute Gasteiger partial charge is 0.126 e. The molecular weight excluding hydrogens is 237 g/mol. The largest absolute Gasteiger partial charge is 0.256 e. The van der Waals surface area contributed by atoms with Crippen LogP contribution >= 0.6 is 0 Å². The highest BCUT2D eigenvalue weighted by Crippen LogP contribution is 2.28. The molecule has 0 amide bonds. The van der Waals surface area contributed by atoms with Gasteiger partial charge in [-0.05, 0) is 48.2 Å². The van der Waals surface area contributed by atoms with Crippen LogP contribution in [0.2, 0.25) is 0 Å². The number of aromatic nitrogens is 1. The van der Waals surface area contributed by atoms with E-state index < -0.39 is 0 Å². The van der Waals surface area contributed by atoms with Crippen LogP contribution in [0.5, 0.6) is 0 Å². The molecule has 0 aliphatic carbocycles. The monoisotopic (exact) mass is 257 g/mol. The molecule has 2 heteroatoms. The van der Waals surface area contributed by atoms with E-state index in [2.05, 4.69) is 18.8 Å². The first-order valence-corrected chi connectivity index (χ1v) is 6.93. The Labute approximate surface area is 114 Å². The van der Waals surface area contributed by atoms with Crippen molar-refractivity contribution < 1.29 is 4.39 Å². The summed E-state index contributed by atoms with van der Waals surface area (Å²) in [4.78, 5) is 4.32. The Bertz CT molecular complexity index is 522. The molecule has 100 valence electrons. The van der Waals surface area contributed by atoms with Gasteiger partial charge in [0.25, 0.3) is 0 Å². The van der Waals surface area contributed by atoms with Crippen molar-refractivity contribution in [2.45, 2.75) is 39.0 Å². The second kappa shape index (κ2) is 6.46. The summed E-state index contributed by atoms with van der Waals surface area (Å²) in [7, 11) is 0. The fraction of sp³-hybridized carbons (Fsp3) is 0.353. The molecular formula is C17H20FN. The average molecular weight is 257 g/mol. The van der Waals surface area contributed by atoms with Crippen LogP contribution < -0.4 is 0 Å². The molecule has 0 N–H and O–H groups in total. The molecule has 0 bridgehead atoms. The van der Waals surface area contributed by atoms with Crippen LogP contribution in [-0.2, 0) is 0 Å². The molecule has 1 aromatic carbocycles. The molecule has 1 nitrogen and oxygen atoms in total. The Morgan fingerprint density at radius 2 is 2.05 bits per heavy atom. The van der Waals surface area contributed by atoms with Gasteiger partial charge in [0.05, 0.1) is 5.69 Å². The molecule has 0 aliphatic heterocycles. The molecule has 0 saturated heterocycles. The minimum absolute atomic E-state index is 0.108. The number of hydrogen-bond acceptors (Lipinski definition) is 1. The maximum Gasteiger partial charge on any atom is 0.126 e. The van der Waals surface area contributed by atoms with Gasteiger partial charge in [-0.15, -0.1) is 0 Å².